The fraction of sp³-hybridized carbons (Fsp3) is 0.192. The Kier molecular flexibility index (Phi) is 7.81. The van der Waals surface area contributed by atoms with Crippen LogP contribution in [0.25, 0.3) is 27.8 Å². The minimum atomic E-state index is -0.597. The predicted octanol–water partition coefficient (Wildman–Crippen LogP) is 5.62. The third-order valence-electron chi connectivity index (χ3n) is 5.21. The first-order chi connectivity index (χ1) is 17.9. The number of nitriles is 1. The van der Waals surface area contributed by atoms with Crippen LogP contribution in [0, 0.1) is 18.3 Å². The van der Waals surface area contributed by atoms with E-state index in [1.165, 1.54) is 17.5 Å². The largest absolute Gasteiger partial charge is 0.462 e. The second-order valence-electron chi connectivity index (χ2n) is 7.54. The van der Waals surface area contributed by atoms with Crippen LogP contribution in [-0.2, 0) is 9.47 Å². The Morgan fingerprint density at radius 1 is 1.19 bits per heavy atom. The number of hydrogen-bond acceptors (Lipinski definition) is 11. The fourth-order valence-electron chi connectivity index (χ4n) is 3.50. The summed E-state index contributed by atoms with van der Waals surface area (Å²) in [6.07, 6.45) is 1.40. The van der Waals surface area contributed by atoms with Gasteiger partial charge in [0, 0.05) is 17.0 Å². The number of hydrogen-bond donors (Lipinski definition) is 1. The Morgan fingerprint density at radius 3 is 2.65 bits per heavy atom. The van der Waals surface area contributed by atoms with Crippen LogP contribution in [0.3, 0.4) is 0 Å². The van der Waals surface area contributed by atoms with Crippen LogP contribution in [0.5, 0.6) is 0 Å². The van der Waals surface area contributed by atoms with Gasteiger partial charge in [0.15, 0.2) is 0 Å². The van der Waals surface area contributed by atoms with Crippen molar-refractivity contribution < 1.29 is 23.5 Å². The van der Waals surface area contributed by atoms with Crippen molar-refractivity contribution in [1.29, 1.82) is 5.26 Å². The molecule has 0 spiro atoms. The molecule has 0 fully saturated rings. The molecule has 3 heterocycles. The van der Waals surface area contributed by atoms with Crippen LogP contribution in [0.4, 0.5) is 5.00 Å². The lowest BCUT2D eigenvalue weighted by molar-refractivity contribution is 0.0527. The minimum Gasteiger partial charge on any atom is -0.462 e. The summed E-state index contributed by atoms with van der Waals surface area (Å²) in [6, 6.07) is 10.9. The van der Waals surface area contributed by atoms with Crippen molar-refractivity contribution in [3.8, 4) is 17.3 Å². The van der Waals surface area contributed by atoms with Crippen molar-refractivity contribution in [2.24, 2.45) is 0 Å². The summed E-state index contributed by atoms with van der Waals surface area (Å²) in [4.78, 5) is 42.2. The normalized spacial score (nSPS) is 11.2. The maximum Gasteiger partial charge on any atom is 0.348 e. The summed E-state index contributed by atoms with van der Waals surface area (Å²) in [5.41, 5.74) is 1.39. The van der Waals surface area contributed by atoms with E-state index in [1.807, 2.05) is 12.1 Å². The van der Waals surface area contributed by atoms with Crippen LogP contribution in [0.2, 0.25) is 0 Å². The Bertz CT molecular complexity index is 1620. The van der Waals surface area contributed by atoms with Gasteiger partial charge in [-0.3, -0.25) is 0 Å². The van der Waals surface area contributed by atoms with Crippen molar-refractivity contribution in [3.05, 3.63) is 73.3 Å². The van der Waals surface area contributed by atoms with E-state index in [0.717, 1.165) is 16.7 Å². The summed E-state index contributed by atoms with van der Waals surface area (Å²) in [7, 11) is 0. The average molecular weight is 536 g/mol. The Balaban J connectivity index is 1.67. The van der Waals surface area contributed by atoms with Crippen molar-refractivity contribution in [2.45, 2.75) is 20.8 Å². The Hall–Kier alpha value is -4.27. The van der Waals surface area contributed by atoms with Crippen LogP contribution in [0.1, 0.15) is 44.4 Å². The molecule has 188 valence electrons. The standard InChI is InChI=1S/C26H21N3O6S2/c1-4-33-25(31)20-14(3)21(26(32)34-5-2)37-23(20)28-12-16(11-27)22-29-18(13-36-22)17-10-15-8-6-7-9-19(15)35-24(17)30/h6-10,12-13,28H,4-5H2,1-3H3. The van der Waals surface area contributed by atoms with Crippen LogP contribution in [-0.4, -0.2) is 30.1 Å². The Labute approximate surface area is 219 Å². The van der Waals surface area contributed by atoms with Gasteiger partial charge >= 0.3 is 17.6 Å². The quantitative estimate of drug-likeness (QED) is 0.173. The number of esters is 2. The molecular weight excluding hydrogens is 514 g/mol. The summed E-state index contributed by atoms with van der Waals surface area (Å²) >= 11 is 2.21. The van der Waals surface area contributed by atoms with Crippen molar-refractivity contribution in [1.82, 2.24) is 4.98 Å². The molecule has 0 unspecified atom stereocenters. The van der Waals surface area contributed by atoms with Gasteiger partial charge in [0.05, 0.1) is 30.0 Å². The molecule has 0 bridgehead atoms. The smallest absolute Gasteiger partial charge is 0.348 e. The zero-order valence-corrected chi connectivity index (χ0v) is 21.7. The molecule has 37 heavy (non-hydrogen) atoms. The van der Waals surface area contributed by atoms with Gasteiger partial charge in [0.2, 0.25) is 0 Å². The molecule has 0 saturated carbocycles. The third kappa shape index (κ3) is 5.30. The highest BCUT2D eigenvalue weighted by atomic mass is 32.1. The number of allylic oxidation sites excluding steroid dienone is 1. The monoisotopic (exact) mass is 535 g/mol. The molecule has 4 rings (SSSR count). The summed E-state index contributed by atoms with van der Waals surface area (Å²) in [5.74, 6) is -1.15. The highest BCUT2D eigenvalue weighted by Gasteiger charge is 2.26. The zero-order valence-electron chi connectivity index (χ0n) is 20.1. The van der Waals surface area contributed by atoms with Crippen LogP contribution >= 0.6 is 22.7 Å². The number of anilines is 1. The van der Waals surface area contributed by atoms with Gasteiger partial charge in [-0.05, 0) is 38.5 Å². The molecule has 0 atom stereocenters. The van der Waals surface area contributed by atoms with E-state index in [2.05, 4.69) is 16.4 Å². The lowest BCUT2D eigenvalue weighted by Gasteiger charge is -2.05. The second-order valence-corrected chi connectivity index (χ2v) is 9.42. The SMILES string of the molecule is CCOC(=O)c1sc(NC=C(C#N)c2nc(-c3cc4ccccc4oc3=O)cs2)c(C(=O)OCC)c1C. The van der Waals surface area contributed by atoms with E-state index < -0.39 is 17.6 Å². The Morgan fingerprint density at radius 2 is 1.92 bits per heavy atom. The van der Waals surface area contributed by atoms with E-state index in [9.17, 15) is 19.6 Å². The third-order valence-corrected chi connectivity index (χ3v) is 7.29. The van der Waals surface area contributed by atoms with E-state index in [1.54, 1.807) is 44.4 Å². The average Bonchev–Trinajstić information content (AvgIpc) is 3.49. The number of benzene rings is 1. The van der Waals surface area contributed by atoms with E-state index in [0.29, 0.717) is 26.8 Å². The molecule has 3 aromatic heterocycles. The number of carbonyl (C=O) groups excluding carboxylic acids is 2. The van der Waals surface area contributed by atoms with Gasteiger partial charge in [0.1, 0.15) is 32.1 Å². The molecule has 0 aliphatic rings. The first kappa shape index (κ1) is 25.8. The van der Waals surface area contributed by atoms with Crippen LogP contribution in [0.15, 0.2) is 51.1 Å². The van der Waals surface area contributed by atoms with Crippen LogP contribution < -0.4 is 10.9 Å². The predicted molar refractivity (Wildman–Crippen MR) is 142 cm³/mol. The number of thiazole rings is 1. The van der Waals surface area contributed by atoms with E-state index in [-0.39, 0.29) is 34.8 Å². The number of fused-ring (bicyclic) bond motifs is 1. The summed E-state index contributed by atoms with van der Waals surface area (Å²) < 4.78 is 15.6. The molecule has 4 aromatic rings. The van der Waals surface area contributed by atoms with Gasteiger partial charge in [-0.2, -0.15) is 5.26 Å². The molecule has 0 aliphatic carbocycles. The van der Waals surface area contributed by atoms with Crippen molar-refractivity contribution >= 4 is 56.2 Å². The number of ether oxygens (including phenoxy) is 2. The number of para-hydroxylation sites is 1. The number of nitrogens with one attached hydrogen (secondary N) is 1. The molecular formula is C26H21N3O6S2. The number of carbonyl (C=O) groups is 2. The number of aromatic nitrogens is 1. The summed E-state index contributed by atoms with van der Waals surface area (Å²) in [5, 5.41) is 15.8. The van der Waals surface area contributed by atoms with Crippen molar-refractivity contribution in [2.75, 3.05) is 18.5 Å². The number of nitrogens with zero attached hydrogens (tertiary/aromatic N) is 2. The lowest BCUT2D eigenvalue weighted by atomic mass is 10.1. The van der Waals surface area contributed by atoms with Gasteiger partial charge in [-0.1, -0.05) is 18.2 Å². The molecule has 0 radical (unpaired) electrons. The highest BCUT2D eigenvalue weighted by Crippen LogP contribution is 2.35. The molecule has 11 heteroatoms. The molecule has 0 aliphatic heterocycles. The van der Waals surface area contributed by atoms with E-state index >= 15 is 0 Å². The highest BCUT2D eigenvalue weighted by molar-refractivity contribution is 7.18. The minimum absolute atomic E-state index is 0.159. The fourth-order valence-corrected chi connectivity index (χ4v) is 5.34. The molecule has 0 saturated heterocycles. The first-order valence-electron chi connectivity index (χ1n) is 11.2. The zero-order chi connectivity index (χ0) is 26.5. The lowest BCUT2D eigenvalue weighted by Crippen LogP contribution is -2.09. The number of rotatable bonds is 8. The van der Waals surface area contributed by atoms with Gasteiger partial charge in [-0.25, -0.2) is 19.4 Å². The van der Waals surface area contributed by atoms with Gasteiger partial charge < -0.3 is 19.2 Å². The molecule has 1 aromatic carbocycles. The molecule has 0 amide bonds. The van der Waals surface area contributed by atoms with Gasteiger partial charge in [-0.15, -0.1) is 22.7 Å². The first-order valence-corrected chi connectivity index (χ1v) is 12.9. The van der Waals surface area contributed by atoms with E-state index in [4.69, 9.17) is 13.9 Å². The molecule has 1 N–H and O–H groups in total. The van der Waals surface area contributed by atoms with Gasteiger partial charge in [0.25, 0.3) is 0 Å². The number of thiophene rings is 1. The summed E-state index contributed by atoms with van der Waals surface area (Å²) in [6.45, 7) is 5.36. The maximum absolute atomic E-state index is 12.6. The molecule has 9 nitrogen and oxygen atoms in total. The second kappa shape index (κ2) is 11.2. The van der Waals surface area contributed by atoms with Crippen molar-refractivity contribution in [3.63, 3.8) is 0 Å². The maximum atomic E-state index is 12.6. The topological polar surface area (TPSA) is 132 Å².